The first-order valence-electron chi connectivity index (χ1n) is 8.02. The molecule has 1 atom stereocenters. The number of likely N-dealkylation sites (N-methyl/N-ethyl adjacent to an activating group) is 1. The maximum absolute atomic E-state index is 12.5. The number of aliphatic hydroxyl groups excluding tert-OH is 1. The van der Waals surface area contributed by atoms with Gasteiger partial charge in [-0.2, -0.15) is 0 Å². The number of ether oxygens (including phenoxy) is 1. The average molecular weight is 331 g/mol. The lowest BCUT2D eigenvalue weighted by Crippen LogP contribution is -2.36. The summed E-state index contributed by atoms with van der Waals surface area (Å²) in [5.41, 5.74) is 2.47. The van der Waals surface area contributed by atoms with Crippen LogP contribution in [0, 0.1) is 20.8 Å². The fourth-order valence-corrected chi connectivity index (χ4v) is 2.64. The smallest absolute Gasteiger partial charge is 0.257 e. The molecule has 2 rings (SSSR count). The molecule has 0 radical (unpaired) electrons. The second kappa shape index (κ2) is 8.13. The molecule has 0 aliphatic carbocycles. The normalized spacial score (nSPS) is 12.2. The van der Waals surface area contributed by atoms with E-state index in [1.807, 2.05) is 44.2 Å². The van der Waals surface area contributed by atoms with Gasteiger partial charge in [-0.15, -0.1) is 0 Å². The summed E-state index contributed by atoms with van der Waals surface area (Å²) in [7, 11) is 1.67. The summed E-state index contributed by atoms with van der Waals surface area (Å²) in [6.45, 7) is 6.30. The molecule has 5 heteroatoms. The van der Waals surface area contributed by atoms with Crippen LogP contribution in [0.4, 0.5) is 0 Å². The first-order valence-corrected chi connectivity index (χ1v) is 8.02. The van der Waals surface area contributed by atoms with Crippen LogP contribution in [0.25, 0.3) is 0 Å². The standard InChI is InChI=1S/C19H25NO4/c1-13-14(2)24-15(3)18(13)19(22)20(4)10-17(21)12-23-11-16-8-6-5-7-9-16/h5-9,17,21H,10-12H2,1-4H3. The molecule has 0 bridgehead atoms. The Balaban J connectivity index is 1.84. The average Bonchev–Trinajstić information content (AvgIpc) is 2.80. The maximum Gasteiger partial charge on any atom is 0.257 e. The number of rotatable bonds is 7. The number of nitrogens with zero attached hydrogens (tertiary/aromatic N) is 1. The van der Waals surface area contributed by atoms with Crippen molar-refractivity contribution in [3.05, 3.63) is 58.5 Å². The highest BCUT2D eigenvalue weighted by atomic mass is 16.5. The molecule has 2 aromatic rings. The molecule has 1 aromatic heterocycles. The van der Waals surface area contributed by atoms with Crippen LogP contribution in [0.15, 0.2) is 34.7 Å². The Labute approximate surface area is 142 Å². The molecule has 1 aromatic carbocycles. The number of carbonyl (C=O) groups is 1. The van der Waals surface area contributed by atoms with Crippen molar-refractivity contribution < 1.29 is 19.1 Å². The van der Waals surface area contributed by atoms with E-state index in [4.69, 9.17) is 9.15 Å². The van der Waals surface area contributed by atoms with Gasteiger partial charge in [-0.25, -0.2) is 0 Å². The Kier molecular flexibility index (Phi) is 6.17. The van der Waals surface area contributed by atoms with Gasteiger partial charge in [-0.1, -0.05) is 30.3 Å². The highest BCUT2D eigenvalue weighted by molar-refractivity contribution is 5.96. The predicted octanol–water partition coefficient (Wildman–Crippen LogP) is 2.85. The molecular weight excluding hydrogens is 306 g/mol. The summed E-state index contributed by atoms with van der Waals surface area (Å²) in [5, 5.41) is 10.1. The van der Waals surface area contributed by atoms with Gasteiger partial charge in [-0.05, 0) is 26.3 Å². The molecule has 1 heterocycles. The van der Waals surface area contributed by atoms with Crippen molar-refractivity contribution in [3.8, 4) is 0 Å². The first-order chi connectivity index (χ1) is 11.4. The molecule has 0 saturated heterocycles. The van der Waals surface area contributed by atoms with E-state index < -0.39 is 6.10 Å². The highest BCUT2D eigenvalue weighted by Crippen LogP contribution is 2.22. The quantitative estimate of drug-likeness (QED) is 0.847. The Hall–Kier alpha value is -2.11. The van der Waals surface area contributed by atoms with Crippen molar-refractivity contribution in [2.45, 2.75) is 33.5 Å². The van der Waals surface area contributed by atoms with E-state index in [0.717, 1.165) is 16.9 Å². The van der Waals surface area contributed by atoms with E-state index in [9.17, 15) is 9.90 Å². The van der Waals surface area contributed by atoms with Crippen LogP contribution < -0.4 is 0 Å². The molecule has 1 unspecified atom stereocenters. The third-order valence-corrected chi connectivity index (χ3v) is 4.03. The summed E-state index contributed by atoms with van der Waals surface area (Å²) in [6, 6.07) is 9.77. The van der Waals surface area contributed by atoms with Gasteiger partial charge >= 0.3 is 0 Å². The van der Waals surface area contributed by atoms with Crippen LogP contribution >= 0.6 is 0 Å². The van der Waals surface area contributed by atoms with Crippen molar-refractivity contribution in [3.63, 3.8) is 0 Å². The Morgan fingerprint density at radius 2 is 1.88 bits per heavy atom. The number of hydrogen-bond acceptors (Lipinski definition) is 4. The highest BCUT2D eigenvalue weighted by Gasteiger charge is 2.23. The predicted molar refractivity (Wildman–Crippen MR) is 92.0 cm³/mol. The number of furan rings is 1. The van der Waals surface area contributed by atoms with E-state index in [1.165, 1.54) is 4.90 Å². The first kappa shape index (κ1) is 18.2. The van der Waals surface area contributed by atoms with Gasteiger partial charge in [0, 0.05) is 19.2 Å². The van der Waals surface area contributed by atoms with Crippen molar-refractivity contribution >= 4 is 5.91 Å². The summed E-state index contributed by atoms with van der Waals surface area (Å²) < 4.78 is 11.0. The third-order valence-electron chi connectivity index (χ3n) is 4.03. The topological polar surface area (TPSA) is 62.9 Å². The summed E-state index contributed by atoms with van der Waals surface area (Å²) in [4.78, 5) is 14.0. The number of hydrogen-bond donors (Lipinski definition) is 1. The minimum absolute atomic E-state index is 0.149. The molecule has 1 N–H and O–H groups in total. The Bertz CT molecular complexity index is 678. The van der Waals surface area contributed by atoms with Gasteiger partial charge in [0.2, 0.25) is 0 Å². The van der Waals surface area contributed by atoms with E-state index in [2.05, 4.69) is 0 Å². The summed E-state index contributed by atoms with van der Waals surface area (Å²) in [6.07, 6.45) is -0.740. The molecular formula is C19H25NO4. The van der Waals surface area contributed by atoms with Crippen LogP contribution in [0.5, 0.6) is 0 Å². The lowest BCUT2D eigenvalue weighted by atomic mass is 10.1. The van der Waals surface area contributed by atoms with E-state index >= 15 is 0 Å². The van der Waals surface area contributed by atoms with Crippen LogP contribution in [0.1, 0.15) is 33.0 Å². The minimum atomic E-state index is -0.740. The van der Waals surface area contributed by atoms with Gasteiger partial charge in [-0.3, -0.25) is 4.79 Å². The zero-order chi connectivity index (χ0) is 17.7. The van der Waals surface area contributed by atoms with Crippen molar-refractivity contribution in [1.29, 1.82) is 0 Å². The Morgan fingerprint density at radius 1 is 1.21 bits per heavy atom. The lowest BCUT2D eigenvalue weighted by Gasteiger charge is -2.21. The fraction of sp³-hybridized carbons (Fsp3) is 0.421. The van der Waals surface area contributed by atoms with Gasteiger partial charge in [0.05, 0.1) is 24.9 Å². The van der Waals surface area contributed by atoms with Crippen molar-refractivity contribution in [2.24, 2.45) is 0 Å². The third kappa shape index (κ3) is 4.46. The molecule has 24 heavy (non-hydrogen) atoms. The number of aliphatic hydroxyl groups is 1. The van der Waals surface area contributed by atoms with E-state index in [0.29, 0.717) is 17.9 Å². The second-order valence-corrected chi connectivity index (χ2v) is 6.05. The van der Waals surface area contributed by atoms with Crippen molar-refractivity contribution in [2.75, 3.05) is 20.2 Å². The van der Waals surface area contributed by atoms with E-state index in [-0.39, 0.29) is 19.1 Å². The largest absolute Gasteiger partial charge is 0.466 e. The molecule has 0 spiro atoms. The molecule has 0 aliphatic rings. The molecule has 0 saturated carbocycles. The summed E-state index contributed by atoms with van der Waals surface area (Å²) in [5.74, 6) is 1.21. The number of carbonyl (C=O) groups excluding carboxylic acids is 1. The maximum atomic E-state index is 12.5. The minimum Gasteiger partial charge on any atom is -0.466 e. The molecule has 0 aliphatic heterocycles. The van der Waals surface area contributed by atoms with Crippen LogP contribution in [0.3, 0.4) is 0 Å². The zero-order valence-corrected chi connectivity index (χ0v) is 14.7. The van der Waals surface area contributed by atoms with Crippen LogP contribution in [0.2, 0.25) is 0 Å². The van der Waals surface area contributed by atoms with Crippen LogP contribution in [-0.4, -0.2) is 42.2 Å². The Morgan fingerprint density at radius 3 is 2.46 bits per heavy atom. The molecule has 5 nitrogen and oxygen atoms in total. The number of aryl methyl sites for hydroxylation is 2. The number of amides is 1. The van der Waals surface area contributed by atoms with E-state index in [1.54, 1.807) is 14.0 Å². The van der Waals surface area contributed by atoms with Gasteiger partial charge in [0.25, 0.3) is 5.91 Å². The molecule has 130 valence electrons. The monoisotopic (exact) mass is 331 g/mol. The summed E-state index contributed by atoms with van der Waals surface area (Å²) >= 11 is 0. The second-order valence-electron chi connectivity index (χ2n) is 6.05. The SMILES string of the molecule is Cc1oc(C)c(C(=O)N(C)CC(O)COCc2ccccc2)c1C. The lowest BCUT2D eigenvalue weighted by molar-refractivity contribution is 0.0136. The zero-order valence-electron chi connectivity index (χ0n) is 14.7. The molecule has 1 amide bonds. The van der Waals surface area contributed by atoms with Crippen LogP contribution in [-0.2, 0) is 11.3 Å². The van der Waals surface area contributed by atoms with Gasteiger partial charge < -0.3 is 19.2 Å². The van der Waals surface area contributed by atoms with Gasteiger partial charge in [0.15, 0.2) is 0 Å². The number of benzene rings is 1. The van der Waals surface area contributed by atoms with Crippen molar-refractivity contribution in [1.82, 2.24) is 4.90 Å². The molecule has 0 fully saturated rings. The van der Waals surface area contributed by atoms with Gasteiger partial charge in [0.1, 0.15) is 11.5 Å². The fourth-order valence-electron chi connectivity index (χ4n) is 2.64.